The average Bonchev–Trinajstić information content (AvgIpc) is 3.09. The van der Waals surface area contributed by atoms with Crippen LogP contribution in [0.4, 0.5) is 0 Å². The summed E-state index contributed by atoms with van der Waals surface area (Å²) in [6, 6.07) is 21.4. The molecule has 3 aromatic rings. The van der Waals surface area contributed by atoms with Gasteiger partial charge in [-0.05, 0) is 48.4 Å². The number of ether oxygens (including phenoxy) is 1. The molecule has 0 saturated carbocycles. The zero-order chi connectivity index (χ0) is 18.2. The molecular weight excluding hydrogens is 326 g/mol. The Kier molecular flexibility index (Phi) is 5.88. The summed E-state index contributed by atoms with van der Waals surface area (Å²) >= 11 is 0. The minimum atomic E-state index is -0.162. The SMILES string of the molecule is Cc1ccc(C=CC(=O)NCc2cccc(COc3ccccc3)c2)o1. The van der Waals surface area contributed by atoms with Crippen LogP contribution >= 0.6 is 0 Å². The van der Waals surface area contributed by atoms with Gasteiger partial charge in [0.25, 0.3) is 0 Å². The Hall–Kier alpha value is -3.27. The van der Waals surface area contributed by atoms with Gasteiger partial charge in [-0.3, -0.25) is 4.79 Å². The van der Waals surface area contributed by atoms with Gasteiger partial charge >= 0.3 is 0 Å². The minimum Gasteiger partial charge on any atom is -0.489 e. The Balaban J connectivity index is 1.50. The van der Waals surface area contributed by atoms with Gasteiger partial charge in [0.15, 0.2) is 0 Å². The summed E-state index contributed by atoms with van der Waals surface area (Å²) < 4.78 is 11.1. The maximum absolute atomic E-state index is 11.9. The van der Waals surface area contributed by atoms with Crippen LogP contribution in [0.15, 0.2) is 77.2 Å². The fraction of sp³-hybridized carbons (Fsp3) is 0.136. The number of aryl methyl sites for hydroxylation is 1. The molecular formula is C22H21NO3. The maximum atomic E-state index is 11.9. The summed E-state index contributed by atoms with van der Waals surface area (Å²) in [5, 5.41) is 2.87. The van der Waals surface area contributed by atoms with E-state index in [-0.39, 0.29) is 5.91 Å². The lowest BCUT2D eigenvalue weighted by atomic mass is 10.1. The van der Waals surface area contributed by atoms with Gasteiger partial charge in [-0.2, -0.15) is 0 Å². The monoisotopic (exact) mass is 347 g/mol. The highest BCUT2D eigenvalue weighted by Crippen LogP contribution is 2.13. The maximum Gasteiger partial charge on any atom is 0.244 e. The third kappa shape index (κ3) is 5.38. The minimum absolute atomic E-state index is 0.162. The normalized spacial score (nSPS) is 10.8. The van der Waals surface area contributed by atoms with Crippen molar-refractivity contribution in [3.63, 3.8) is 0 Å². The molecule has 4 nitrogen and oxygen atoms in total. The number of hydrogen-bond donors (Lipinski definition) is 1. The zero-order valence-corrected chi connectivity index (χ0v) is 14.6. The Bertz CT molecular complexity index is 881. The summed E-state index contributed by atoms with van der Waals surface area (Å²) in [7, 11) is 0. The molecule has 0 radical (unpaired) electrons. The standard InChI is InChI=1S/C22H21NO3/c1-17-10-11-21(26-17)12-13-22(24)23-15-18-6-5-7-19(14-18)16-25-20-8-3-2-4-9-20/h2-14H,15-16H2,1H3,(H,23,24). The van der Waals surface area contributed by atoms with Crippen LogP contribution in [-0.2, 0) is 17.9 Å². The summed E-state index contributed by atoms with van der Waals surface area (Å²) in [6.45, 7) is 2.81. The first kappa shape index (κ1) is 17.5. The average molecular weight is 347 g/mol. The van der Waals surface area contributed by atoms with E-state index < -0.39 is 0 Å². The van der Waals surface area contributed by atoms with Crippen molar-refractivity contribution in [1.82, 2.24) is 5.32 Å². The van der Waals surface area contributed by atoms with Crippen molar-refractivity contribution in [2.24, 2.45) is 0 Å². The van der Waals surface area contributed by atoms with Crippen LogP contribution < -0.4 is 10.1 Å². The van der Waals surface area contributed by atoms with Crippen molar-refractivity contribution in [2.45, 2.75) is 20.1 Å². The molecule has 0 bridgehead atoms. The Morgan fingerprint density at radius 2 is 1.85 bits per heavy atom. The van der Waals surface area contributed by atoms with E-state index in [2.05, 4.69) is 5.32 Å². The first-order chi connectivity index (χ1) is 12.7. The lowest BCUT2D eigenvalue weighted by Gasteiger charge is -2.08. The van der Waals surface area contributed by atoms with E-state index in [1.165, 1.54) is 6.08 Å². The predicted octanol–water partition coefficient (Wildman–Crippen LogP) is 4.50. The molecule has 0 atom stereocenters. The first-order valence-corrected chi connectivity index (χ1v) is 8.47. The first-order valence-electron chi connectivity index (χ1n) is 8.47. The van der Waals surface area contributed by atoms with Gasteiger partial charge in [0.05, 0.1) is 0 Å². The van der Waals surface area contributed by atoms with Crippen LogP contribution in [0.2, 0.25) is 0 Å². The molecule has 0 aliphatic heterocycles. The van der Waals surface area contributed by atoms with Crippen molar-refractivity contribution < 1.29 is 13.9 Å². The van der Waals surface area contributed by atoms with E-state index in [1.54, 1.807) is 6.08 Å². The molecule has 132 valence electrons. The highest BCUT2D eigenvalue weighted by atomic mass is 16.5. The van der Waals surface area contributed by atoms with Crippen LogP contribution in [0, 0.1) is 6.92 Å². The molecule has 0 saturated heterocycles. The van der Waals surface area contributed by atoms with Gasteiger partial charge in [0, 0.05) is 12.6 Å². The number of hydrogen-bond acceptors (Lipinski definition) is 3. The highest BCUT2D eigenvalue weighted by molar-refractivity contribution is 5.91. The highest BCUT2D eigenvalue weighted by Gasteiger charge is 2.01. The molecule has 0 aliphatic rings. The predicted molar refractivity (Wildman–Crippen MR) is 102 cm³/mol. The van der Waals surface area contributed by atoms with Gasteiger partial charge in [-0.1, -0.05) is 42.5 Å². The van der Waals surface area contributed by atoms with Crippen molar-refractivity contribution in [2.75, 3.05) is 0 Å². The van der Waals surface area contributed by atoms with Gasteiger partial charge in [0.1, 0.15) is 23.9 Å². The van der Waals surface area contributed by atoms with Crippen LogP contribution in [0.3, 0.4) is 0 Å². The lowest BCUT2D eigenvalue weighted by molar-refractivity contribution is -0.116. The fourth-order valence-corrected chi connectivity index (χ4v) is 2.46. The second-order valence-electron chi connectivity index (χ2n) is 5.92. The summed E-state index contributed by atoms with van der Waals surface area (Å²) in [5.41, 5.74) is 2.08. The van der Waals surface area contributed by atoms with Crippen LogP contribution in [0.25, 0.3) is 6.08 Å². The molecule has 1 heterocycles. The van der Waals surface area contributed by atoms with Crippen LogP contribution in [0.5, 0.6) is 5.75 Å². The van der Waals surface area contributed by atoms with Gasteiger partial charge in [0.2, 0.25) is 5.91 Å². The van der Waals surface area contributed by atoms with Crippen molar-refractivity contribution in [3.8, 4) is 5.75 Å². The van der Waals surface area contributed by atoms with E-state index in [4.69, 9.17) is 9.15 Å². The van der Waals surface area contributed by atoms with Crippen molar-refractivity contribution >= 4 is 12.0 Å². The van der Waals surface area contributed by atoms with Gasteiger partial charge < -0.3 is 14.5 Å². The summed E-state index contributed by atoms with van der Waals surface area (Å²) in [6.07, 6.45) is 3.13. The molecule has 0 fully saturated rings. The van der Waals surface area contributed by atoms with E-state index in [1.807, 2.05) is 73.7 Å². The molecule has 2 aromatic carbocycles. The molecule has 0 aliphatic carbocycles. The second kappa shape index (κ2) is 8.72. The number of rotatable bonds is 7. The molecule has 1 N–H and O–H groups in total. The largest absolute Gasteiger partial charge is 0.489 e. The molecule has 0 unspecified atom stereocenters. The molecule has 1 amide bonds. The number of benzene rings is 2. The van der Waals surface area contributed by atoms with Crippen LogP contribution in [-0.4, -0.2) is 5.91 Å². The van der Waals surface area contributed by atoms with Crippen molar-refractivity contribution in [3.05, 3.63) is 95.5 Å². The molecule has 3 rings (SSSR count). The van der Waals surface area contributed by atoms with Gasteiger partial charge in [-0.25, -0.2) is 0 Å². The molecule has 4 heteroatoms. The number of carbonyl (C=O) groups is 1. The molecule has 1 aromatic heterocycles. The number of amides is 1. The Labute approximate surface area is 153 Å². The van der Waals surface area contributed by atoms with Crippen LogP contribution in [0.1, 0.15) is 22.6 Å². The number of nitrogens with one attached hydrogen (secondary N) is 1. The smallest absolute Gasteiger partial charge is 0.244 e. The fourth-order valence-electron chi connectivity index (χ4n) is 2.46. The van der Waals surface area contributed by atoms with Crippen molar-refractivity contribution in [1.29, 1.82) is 0 Å². The summed E-state index contributed by atoms with van der Waals surface area (Å²) in [4.78, 5) is 11.9. The third-order valence-electron chi connectivity index (χ3n) is 3.77. The topological polar surface area (TPSA) is 51.5 Å². The molecule has 0 spiro atoms. The third-order valence-corrected chi connectivity index (χ3v) is 3.77. The number of carbonyl (C=O) groups excluding carboxylic acids is 1. The second-order valence-corrected chi connectivity index (χ2v) is 5.92. The Morgan fingerprint density at radius 1 is 1.04 bits per heavy atom. The van der Waals surface area contributed by atoms with E-state index in [0.29, 0.717) is 18.9 Å². The van der Waals surface area contributed by atoms with E-state index in [0.717, 1.165) is 22.6 Å². The zero-order valence-electron chi connectivity index (χ0n) is 14.6. The quantitative estimate of drug-likeness (QED) is 0.640. The number of para-hydroxylation sites is 1. The molecule has 26 heavy (non-hydrogen) atoms. The Morgan fingerprint density at radius 3 is 2.62 bits per heavy atom. The summed E-state index contributed by atoms with van der Waals surface area (Å²) in [5.74, 6) is 2.16. The van der Waals surface area contributed by atoms with E-state index >= 15 is 0 Å². The number of furan rings is 1. The lowest BCUT2D eigenvalue weighted by Crippen LogP contribution is -2.20. The van der Waals surface area contributed by atoms with E-state index in [9.17, 15) is 4.79 Å². The van der Waals surface area contributed by atoms with Gasteiger partial charge in [-0.15, -0.1) is 0 Å².